The van der Waals surface area contributed by atoms with Gasteiger partial charge < -0.3 is 9.47 Å². The van der Waals surface area contributed by atoms with Gasteiger partial charge in [-0.3, -0.25) is 14.6 Å². The van der Waals surface area contributed by atoms with Gasteiger partial charge in [0.2, 0.25) is 5.91 Å². The summed E-state index contributed by atoms with van der Waals surface area (Å²) >= 11 is 0. The summed E-state index contributed by atoms with van der Waals surface area (Å²) in [6, 6.07) is 1.31. The summed E-state index contributed by atoms with van der Waals surface area (Å²) in [5.41, 5.74) is -0.855. The molecule has 1 aromatic heterocycles. The van der Waals surface area contributed by atoms with Gasteiger partial charge in [-0.05, 0) is 42.9 Å². The van der Waals surface area contributed by atoms with Crippen LogP contribution in [0.1, 0.15) is 25.7 Å². The summed E-state index contributed by atoms with van der Waals surface area (Å²) in [5.74, 6) is 3.26. The second-order valence-electron chi connectivity index (χ2n) is 7.01. The molecule has 4 rings (SSSR count). The van der Waals surface area contributed by atoms with E-state index in [1.54, 1.807) is 0 Å². The van der Waals surface area contributed by atoms with E-state index in [-0.39, 0.29) is 5.91 Å². The van der Waals surface area contributed by atoms with Gasteiger partial charge in [-0.1, -0.05) is 0 Å². The maximum atomic E-state index is 12.4. The van der Waals surface area contributed by atoms with Crippen LogP contribution in [0.2, 0.25) is 0 Å². The Labute approximate surface area is 128 Å². The van der Waals surface area contributed by atoms with Crippen LogP contribution in [0.5, 0.6) is 0 Å². The molecule has 1 saturated heterocycles. The number of nitrogens with zero attached hydrogens (tertiary/aromatic N) is 2. The molecule has 1 aromatic rings. The van der Waals surface area contributed by atoms with Gasteiger partial charge in [-0.15, -0.1) is 0 Å². The van der Waals surface area contributed by atoms with Crippen molar-refractivity contribution >= 4 is 5.91 Å². The SMILES string of the molecule is O=C(CCn1ccc(=O)[nH]c1=O)N1C[C@@H]2[C@@H]3CC[C@@H](C3)[C@@H]2C1. The average Bonchev–Trinajstić information content (AvgIpc) is 3.18. The Morgan fingerprint density at radius 1 is 1.18 bits per heavy atom. The second-order valence-corrected chi connectivity index (χ2v) is 7.01. The van der Waals surface area contributed by atoms with Crippen LogP contribution in [0, 0.1) is 23.7 Å². The van der Waals surface area contributed by atoms with Crippen LogP contribution < -0.4 is 11.2 Å². The summed E-state index contributed by atoms with van der Waals surface area (Å²) < 4.78 is 1.39. The molecule has 0 spiro atoms. The van der Waals surface area contributed by atoms with E-state index < -0.39 is 11.2 Å². The lowest BCUT2D eigenvalue weighted by Gasteiger charge is -2.22. The lowest BCUT2D eigenvalue weighted by Crippen LogP contribution is -2.33. The maximum absolute atomic E-state index is 12.4. The summed E-state index contributed by atoms with van der Waals surface area (Å²) in [5, 5.41) is 0. The van der Waals surface area contributed by atoms with E-state index in [0.717, 1.165) is 36.8 Å². The number of nitrogens with one attached hydrogen (secondary N) is 1. The summed E-state index contributed by atoms with van der Waals surface area (Å²) in [7, 11) is 0. The molecule has 0 aromatic carbocycles. The molecule has 6 heteroatoms. The third-order valence-corrected chi connectivity index (χ3v) is 5.95. The van der Waals surface area contributed by atoms with Crippen molar-refractivity contribution in [3.05, 3.63) is 33.1 Å². The first kappa shape index (κ1) is 13.8. The molecule has 3 fully saturated rings. The van der Waals surface area contributed by atoms with E-state index in [2.05, 4.69) is 4.98 Å². The minimum absolute atomic E-state index is 0.131. The highest BCUT2D eigenvalue weighted by molar-refractivity contribution is 5.76. The van der Waals surface area contributed by atoms with Gasteiger partial charge in [0.15, 0.2) is 0 Å². The molecular formula is C16H21N3O3. The molecule has 1 amide bonds. The first-order chi connectivity index (χ1) is 10.6. The second kappa shape index (κ2) is 5.11. The average molecular weight is 303 g/mol. The molecule has 0 unspecified atom stereocenters. The molecule has 3 aliphatic rings. The number of aromatic nitrogens is 2. The largest absolute Gasteiger partial charge is 0.342 e. The van der Waals surface area contributed by atoms with Crippen molar-refractivity contribution in [2.24, 2.45) is 23.7 Å². The van der Waals surface area contributed by atoms with Gasteiger partial charge >= 0.3 is 5.69 Å². The van der Waals surface area contributed by atoms with Gasteiger partial charge in [0.05, 0.1) is 0 Å². The topological polar surface area (TPSA) is 75.2 Å². The van der Waals surface area contributed by atoms with Crippen LogP contribution in [-0.4, -0.2) is 33.4 Å². The van der Waals surface area contributed by atoms with Crippen molar-refractivity contribution in [1.29, 1.82) is 0 Å². The van der Waals surface area contributed by atoms with Gasteiger partial charge in [0, 0.05) is 38.3 Å². The number of amides is 1. The Morgan fingerprint density at radius 2 is 1.86 bits per heavy atom. The number of carbonyl (C=O) groups excluding carboxylic acids is 1. The molecule has 2 aliphatic carbocycles. The predicted octanol–water partition coefficient (Wildman–Crippen LogP) is 0.431. The molecule has 22 heavy (non-hydrogen) atoms. The van der Waals surface area contributed by atoms with Crippen molar-refractivity contribution in [2.75, 3.05) is 13.1 Å². The van der Waals surface area contributed by atoms with Crippen LogP contribution in [-0.2, 0) is 11.3 Å². The number of likely N-dealkylation sites (tertiary alicyclic amines) is 1. The highest BCUT2D eigenvalue weighted by atomic mass is 16.2. The Balaban J connectivity index is 1.37. The van der Waals surface area contributed by atoms with Crippen LogP contribution >= 0.6 is 0 Å². The number of aromatic amines is 1. The zero-order chi connectivity index (χ0) is 15.3. The van der Waals surface area contributed by atoms with Crippen LogP contribution in [0.15, 0.2) is 21.9 Å². The van der Waals surface area contributed by atoms with E-state index in [1.165, 1.54) is 36.1 Å². The molecule has 2 bridgehead atoms. The molecule has 6 nitrogen and oxygen atoms in total. The molecule has 2 saturated carbocycles. The van der Waals surface area contributed by atoms with E-state index in [4.69, 9.17) is 0 Å². The predicted molar refractivity (Wildman–Crippen MR) is 80.3 cm³/mol. The normalized spacial score (nSPS) is 32.5. The maximum Gasteiger partial charge on any atom is 0.328 e. The van der Waals surface area contributed by atoms with Crippen LogP contribution in [0.3, 0.4) is 0 Å². The molecule has 2 heterocycles. The van der Waals surface area contributed by atoms with Crippen molar-refractivity contribution in [1.82, 2.24) is 14.5 Å². The van der Waals surface area contributed by atoms with Crippen molar-refractivity contribution in [3.8, 4) is 0 Å². The molecule has 0 radical (unpaired) electrons. The summed E-state index contributed by atoms with van der Waals surface area (Å²) in [4.78, 5) is 39.2. The molecule has 4 atom stereocenters. The van der Waals surface area contributed by atoms with Gasteiger partial charge in [-0.25, -0.2) is 4.79 Å². The zero-order valence-corrected chi connectivity index (χ0v) is 12.5. The van der Waals surface area contributed by atoms with Crippen LogP contribution in [0.25, 0.3) is 0 Å². The number of rotatable bonds is 3. The van der Waals surface area contributed by atoms with Crippen molar-refractivity contribution in [2.45, 2.75) is 32.2 Å². The van der Waals surface area contributed by atoms with Crippen LogP contribution in [0.4, 0.5) is 0 Å². The van der Waals surface area contributed by atoms with E-state index in [0.29, 0.717) is 13.0 Å². The van der Waals surface area contributed by atoms with Gasteiger partial charge in [-0.2, -0.15) is 0 Å². The fraction of sp³-hybridized carbons (Fsp3) is 0.688. The van der Waals surface area contributed by atoms with Crippen molar-refractivity contribution in [3.63, 3.8) is 0 Å². The smallest absolute Gasteiger partial charge is 0.328 e. The quantitative estimate of drug-likeness (QED) is 0.880. The summed E-state index contributed by atoms with van der Waals surface area (Å²) in [6.45, 7) is 2.14. The van der Waals surface area contributed by atoms with E-state index >= 15 is 0 Å². The van der Waals surface area contributed by atoms with E-state index in [9.17, 15) is 14.4 Å². The fourth-order valence-electron chi connectivity index (χ4n) is 4.88. The first-order valence-electron chi connectivity index (χ1n) is 8.19. The first-order valence-corrected chi connectivity index (χ1v) is 8.19. The molecule has 118 valence electrons. The highest BCUT2D eigenvalue weighted by Gasteiger charge is 2.52. The zero-order valence-electron chi connectivity index (χ0n) is 12.5. The minimum atomic E-state index is -0.448. The highest BCUT2D eigenvalue weighted by Crippen LogP contribution is 2.55. The minimum Gasteiger partial charge on any atom is -0.342 e. The molecule has 1 aliphatic heterocycles. The number of hydrogen-bond donors (Lipinski definition) is 1. The third-order valence-electron chi connectivity index (χ3n) is 5.95. The van der Waals surface area contributed by atoms with E-state index in [1.807, 2.05) is 4.90 Å². The Kier molecular flexibility index (Phi) is 3.20. The number of hydrogen-bond acceptors (Lipinski definition) is 3. The Morgan fingerprint density at radius 3 is 2.50 bits per heavy atom. The van der Waals surface area contributed by atoms with Gasteiger partial charge in [0.1, 0.15) is 0 Å². The molecular weight excluding hydrogens is 282 g/mol. The number of fused-ring (bicyclic) bond motifs is 5. The number of H-pyrrole nitrogens is 1. The number of carbonyl (C=O) groups is 1. The molecule has 1 N–H and O–H groups in total. The fourth-order valence-corrected chi connectivity index (χ4v) is 4.88. The number of aryl methyl sites for hydroxylation is 1. The lowest BCUT2D eigenvalue weighted by atomic mass is 9.82. The monoisotopic (exact) mass is 303 g/mol. The lowest BCUT2D eigenvalue weighted by molar-refractivity contribution is -0.130. The third kappa shape index (κ3) is 2.21. The van der Waals surface area contributed by atoms with Gasteiger partial charge in [0.25, 0.3) is 5.56 Å². The Hall–Kier alpha value is -1.85. The van der Waals surface area contributed by atoms with Crippen molar-refractivity contribution < 1.29 is 4.79 Å². The Bertz CT molecular complexity index is 689. The standard InChI is InChI=1S/C16H21N3O3/c20-14-3-5-18(16(22)17-14)6-4-15(21)19-8-12-10-1-2-11(7-10)13(12)9-19/h3,5,10-13H,1-2,4,6-9H2,(H,17,20,22)/t10-,11+,12-,13+. The summed E-state index contributed by atoms with van der Waals surface area (Å²) in [6.07, 6.45) is 5.85.